The molecule has 3 heteroatoms. The van der Waals surface area contributed by atoms with Crippen molar-refractivity contribution in [1.29, 1.82) is 5.26 Å². The maximum Gasteiger partial charge on any atom is 0.0587 e. The first kappa shape index (κ1) is 14.0. The zero-order valence-corrected chi connectivity index (χ0v) is 10.1. The monoisotopic (exact) mass is 283 g/mol. The molecule has 0 spiro atoms. The highest BCUT2D eigenvalue weighted by atomic mass is 79.9. The molecule has 0 aromatic rings. The minimum Gasteiger partial charge on any atom is -0.199 e. The van der Waals surface area contributed by atoms with Crippen LogP contribution >= 0.6 is 31.9 Å². The van der Waals surface area contributed by atoms with E-state index in [1.807, 2.05) is 0 Å². The van der Waals surface area contributed by atoms with Crippen molar-refractivity contribution in [1.82, 2.24) is 0 Å². The summed E-state index contributed by atoms with van der Waals surface area (Å²) in [6, 6.07) is 1.75. The van der Waals surface area contributed by atoms with Crippen LogP contribution in [-0.4, -0.2) is 10.7 Å². The Hall–Kier alpha value is 0.450. The average Bonchev–Trinajstić information content (AvgIpc) is 2.00. The highest BCUT2D eigenvalue weighted by Gasteiger charge is 1.84. The number of hydrogen-bond donors (Lipinski definition) is 0. The number of hydrogen-bond acceptors (Lipinski definition) is 1. The second kappa shape index (κ2) is 16.8. The summed E-state index contributed by atoms with van der Waals surface area (Å²) < 4.78 is 0. The highest BCUT2D eigenvalue weighted by molar-refractivity contribution is 9.09. The van der Waals surface area contributed by atoms with Gasteiger partial charge in [-0.15, -0.1) is 0 Å². The van der Waals surface area contributed by atoms with Crippen LogP contribution in [0.15, 0.2) is 0 Å². The van der Waals surface area contributed by atoms with E-state index in [0.29, 0.717) is 0 Å². The molecule has 0 aliphatic rings. The van der Waals surface area contributed by atoms with Crippen LogP contribution in [-0.2, 0) is 0 Å². The lowest BCUT2D eigenvalue weighted by Crippen LogP contribution is -1.78. The molecule has 0 fully saturated rings. The number of nitriles is 1. The summed E-state index contributed by atoms with van der Waals surface area (Å²) in [5.74, 6) is 0. The minimum absolute atomic E-state index is 1.16. The molecule has 66 valence electrons. The van der Waals surface area contributed by atoms with Gasteiger partial charge in [0, 0.05) is 17.6 Å². The number of alkyl halides is 2. The van der Waals surface area contributed by atoms with Gasteiger partial charge in [0.15, 0.2) is 0 Å². The van der Waals surface area contributed by atoms with Crippen LogP contribution in [0.1, 0.15) is 32.6 Å². The van der Waals surface area contributed by atoms with Gasteiger partial charge in [0.2, 0.25) is 0 Å². The standard InChI is InChI=1S/C6H12Br2.C2H3N/c7-5-3-1-2-4-6-8;1-2-3/h1-6H2;1H3. The van der Waals surface area contributed by atoms with Crippen molar-refractivity contribution in [2.24, 2.45) is 0 Å². The maximum atomic E-state index is 7.32. The van der Waals surface area contributed by atoms with Crippen molar-refractivity contribution in [3.63, 3.8) is 0 Å². The Morgan fingerprint density at radius 1 is 1.00 bits per heavy atom. The third-order valence-electron chi connectivity index (χ3n) is 1.02. The van der Waals surface area contributed by atoms with Gasteiger partial charge in [0.1, 0.15) is 0 Å². The van der Waals surface area contributed by atoms with Gasteiger partial charge in [-0.2, -0.15) is 5.26 Å². The molecule has 0 bridgehead atoms. The number of nitrogens with zero attached hydrogens (tertiary/aromatic N) is 1. The maximum absolute atomic E-state index is 7.32. The molecule has 0 aromatic carbocycles. The van der Waals surface area contributed by atoms with Gasteiger partial charge in [0.25, 0.3) is 0 Å². The molecular weight excluding hydrogens is 270 g/mol. The van der Waals surface area contributed by atoms with E-state index < -0.39 is 0 Å². The molecule has 11 heavy (non-hydrogen) atoms. The highest BCUT2D eigenvalue weighted by Crippen LogP contribution is 2.02. The van der Waals surface area contributed by atoms with E-state index in [9.17, 15) is 0 Å². The van der Waals surface area contributed by atoms with Gasteiger partial charge in [-0.05, 0) is 12.8 Å². The number of unbranched alkanes of at least 4 members (excludes halogenated alkanes) is 3. The van der Waals surface area contributed by atoms with E-state index in [0.717, 1.165) is 10.7 Å². The molecule has 0 amide bonds. The predicted molar refractivity (Wildman–Crippen MR) is 57.3 cm³/mol. The summed E-state index contributed by atoms with van der Waals surface area (Å²) in [5, 5.41) is 9.64. The first-order chi connectivity index (χ1) is 5.33. The normalized spacial score (nSPS) is 7.82. The fourth-order valence-electron chi connectivity index (χ4n) is 0.543. The van der Waals surface area contributed by atoms with Crippen LogP contribution in [0.5, 0.6) is 0 Å². The topological polar surface area (TPSA) is 23.8 Å². The Balaban J connectivity index is 0. The molecular formula is C8H15Br2N. The third-order valence-corrected chi connectivity index (χ3v) is 2.14. The summed E-state index contributed by atoms with van der Waals surface area (Å²) >= 11 is 6.78. The Bertz CT molecular complexity index is 82.6. The van der Waals surface area contributed by atoms with Crippen molar-refractivity contribution < 1.29 is 0 Å². The molecule has 0 rings (SSSR count). The van der Waals surface area contributed by atoms with E-state index in [4.69, 9.17) is 5.26 Å². The molecule has 0 unspecified atom stereocenters. The molecule has 0 heterocycles. The second-order valence-electron chi connectivity index (χ2n) is 2.02. The Morgan fingerprint density at radius 3 is 1.45 bits per heavy atom. The van der Waals surface area contributed by atoms with E-state index in [-0.39, 0.29) is 0 Å². The van der Waals surface area contributed by atoms with Crippen molar-refractivity contribution >= 4 is 31.9 Å². The van der Waals surface area contributed by atoms with E-state index in [1.54, 1.807) is 6.07 Å². The van der Waals surface area contributed by atoms with Crippen LogP contribution in [0.2, 0.25) is 0 Å². The van der Waals surface area contributed by atoms with Gasteiger partial charge in [-0.3, -0.25) is 0 Å². The zero-order chi connectivity index (χ0) is 8.95. The molecule has 0 saturated carbocycles. The molecule has 1 nitrogen and oxygen atoms in total. The summed E-state index contributed by atoms with van der Waals surface area (Å²) in [6.45, 7) is 1.43. The SMILES string of the molecule is BrCCCCCCBr.CC#N. The van der Waals surface area contributed by atoms with Crippen LogP contribution in [0, 0.1) is 11.3 Å². The summed E-state index contributed by atoms with van der Waals surface area (Å²) in [7, 11) is 0. The lowest BCUT2D eigenvalue weighted by Gasteiger charge is -1.92. The molecule has 0 radical (unpaired) electrons. The van der Waals surface area contributed by atoms with E-state index in [2.05, 4.69) is 31.9 Å². The Labute approximate surface area is 86.4 Å². The van der Waals surface area contributed by atoms with Crippen molar-refractivity contribution in [2.75, 3.05) is 10.7 Å². The van der Waals surface area contributed by atoms with Gasteiger partial charge in [-0.25, -0.2) is 0 Å². The average molecular weight is 285 g/mol. The van der Waals surface area contributed by atoms with Crippen LogP contribution in [0.4, 0.5) is 0 Å². The van der Waals surface area contributed by atoms with Gasteiger partial charge in [-0.1, -0.05) is 44.7 Å². The molecule has 0 aliphatic heterocycles. The smallest absolute Gasteiger partial charge is 0.0587 e. The fraction of sp³-hybridized carbons (Fsp3) is 0.875. The predicted octanol–water partition coefficient (Wildman–Crippen LogP) is 3.87. The van der Waals surface area contributed by atoms with Gasteiger partial charge >= 0.3 is 0 Å². The Morgan fingerprint density at radius 2 is 1.27 bits per heavy atom. The molecule has 0 N–H and O–H groups in total. The molecule has 0 atom stereocenters. The summed E-state index contributed by atoms with van der Waals surface area (Å²) in [4.78, 5) is 0. The van der Waals surface area contributed by atoms with Crippen molar-refractivity contribution in [3.05, 3.63) is 0 Å². The number of rotatable bonds is 5. The lowest BCUT2D eigenvalue weighted by molar-refractivity contribution is 0.715. The third kappa shape index (κ3) is 25.1. The van der Waals surface area contributed by atoms with Crippen molar-refractivity contribution in [3.8, 4) is 6.07 Å². The first-order valence-electron chi connectivity index (χ1n) is 3.76. The molecule has 0 aromatic heterocycles. The summed E-state index contributed by atoms with van der Waals surface area (Å²) in [6.07, 6.45) is 5.40. The van der Waals surface area contributed by atoms with Crippen LogP contribution in [0.25, 0.3) is 0 Å². The largest absolute Gasteiger partial charge is 0.199 e. The number of halogens is 2. The first-order valence-corrected chi connectivity index (χ1v) is 6.00. The van der Waals surface area contributed by atoms with Crippen LogP contribution < -0.4 is 0 Å². The van der Waals surface area contributed by atoms with Gasteiger partial charge in [0.05, 0.1) is 6.07 Å². The zero-order valence-electron chi connectivity index (χ0n) is 6.95. The van der Waals surface area contributed by atoms with Crippen molar-refractivity contribution in [2.45, 2.75) is 32.6 Å². The van der Waals surface area contributed by atoms with Crippen LogP contribution in [0.3, 0.4) is 0 Å². The minimum atomic E-state index is 1.16. The fourth-order valence-corrected chi connectivity index (χ4v) is 1.34. The summed E-state index contributed by atoms with van der Waals surface area (Å²) in [5.41, 5.74) is 0. The van der Waals surface area contributed by atoms with Gasteiger partial charge < -0.3 is 0 Å². The Kier molecular flexibility index (Phi) is 21.4. The lowest BCUT2D eigenvalue weighted by atomic mass is 10.2. The molecule has 0 aliphatic carbocycles. The quantitative estimate of drug-likeness (QED) is 0.555. The molecule has 0 saturated heterocycles. The second-order valence-corrected chi connectivity index (χ2v) is 3.60. The van der Waals surface area contributed by atoms with E-state index >= 15 is 0 Å². The van der Waals surface area contributed by atoms with E-state index in [1.165, 1.54) is 32.6 Å².